The van der Waals surface area contributed by atoms with Crippen LogP contribution in [0.15, 0.2) is 66.7 Å². The van der Waals surface area contributed by atoms with E-state index >= 15 is 0 Å². The van der Waals surface area contributed by atoms with Crippen LogP contribution in [-0.2, 0) is 0 Å². The molecule has 0 bridgehead atoms. The quantitative estimate of drug-likeness (QED) is 0.338. The van der Waals surface area contributed by atoms with E-state index in [1.54, 1.807) is 48.5 Å². The van der Waals surface area contributed by atoms with Crippen molar-refractivity contribution in [2.45, 2.75) is 0 Å². The van der Waals surface area contributed by atoms with Gasteiger partial charge in [-0.05, 0) is 12.1 Å². The summed E-state index contributed by atoms with van der Waals surface area (Å²) in [5.74, 6) is 0.963. The summed E-state index contributed by atoms with van der Waals surface area (Å²) in [5, 5.41) is 11.5. The van der Waals surface area contributed by atoms with Gasteiger partial charge in [-0.1, -0.05) is 30.3 Å². The molecule has 28 heavy (non-hydrogen) atoms. The highest BCUT2D eigenvalue weighted by Gasteiger charge is 2.20. The number of benzene rings is 3. The molecule has 7 heteroatoms. The van der Waals surface area contributed by atoms with Crippen LogP contribution in [0.4, 0.5) is 5.69 Å². The molecule has 0 aliphatic carbocycles. The van der Waals surface area contributed by atoms with E-state index in [1.807, 2.05) is 0 Å². The molecule has 0 aliphatic rings. The van der Waals surface area contributed by atoms with E-state index in [1.165, 1.54) is 32.4 Å². The summed E-state index contributed by atoms with van der Waals surface area (Å²) in [6, 6.07) is 17.5. The second kappa shape index (κ2) is 8.22. The summed E-state index contributed by atoms with van der Waals surface area (Å²) >= 11 is 0. The van der Waals surface area contributed by atoms with Gasteiger partial charge in [0.15, 0.2) is 5.78 Å². The summed E-state index contributed by atoms with van der Waals surface area (Å²) in [6.45, 7) is 0. The highest BCUT2D eigenvalue weighted by molar-refractivity contribution is 6.09. The number of ether oxygens (including phenoxy) is 3. The van der Waals surface area contributed by atoms with Crippen molar-refractivity contribution in [1.29, 1.82) is 0 Å². The molecule has 0 aromatic heterocycles. The van der Waals surface area contributed by atoms with Crippen molar-refractivity contribution in [3.05, 3.63) is 88.0 Å². The predicted molar refractivity (Wildman–Crippen MR) is 103 cm³/mol. The number of carbonyl (C=O) groups is 1. The zero-order chi connectivity index (χ0) is 20.1. The van der Waals surface area contributed by atoms with Gasteiger partial charge in [-0.25, -0.2) is 0 Å². The Morgan fingerprint density at radius 2 is 1.43 bits per heavy atom. The molecule has 7 nitrogen and oxygen atoms in total. The second-order valence-corrected chi connectivity index (χ2v) is 5.79. The van der Waals surface area contributed by atoms with E-state index in [-0.39, 0.29) is 22.8 Å². The first-order valence-electron chi connectivity index (χ1n) is 8.31. The Kier molecular flexibility index (Phi) is 5.55. The zero-order valence-corrected chi connectivity index (χ0v) is 15.2. The second-order valence-electron chi connectivity index (χ2n) is 5.79. The average molecular weight is 379 g/mol. The number of methoxy groups -OCH3 is 2. The maximum Gasteiger partial charge on any atom is 0.312 e. The van der Waals surface area contributed by atoms with Crippen molar-refractivity contribution in [3.8, 4) is 23.0 Å². The SMILES string of the molecule is COc1cc(OC)cc(Oc2ccc(C(=O)c3ccccc3)cc2[N+](=O)[O-])c1. The fourth-order valence-electron chi connectivity index (χ4n) is 2.61. The maximum absolute atomic E-state index is 12.6. The monoisotopic (exact) mass is 379 g/mol. The molecule has 0 heterocycles. The van der Waals surface area contributed by atoms with Crippen molar-refractivity contribution in [3.63, 3.8) is 0 Å². The van der Waals surface area contributed by atoms with Crippen molar-refractivity contribution in [1.82, 2.24) is 0 Å². The minimum Gasteiger partial charge on any atom is -0.496 e. The highest BCUT2D eigenvalue weighted by atomic mass is 16.6. The first kappa shape index (κ1) is 18.9. The van der Waals surface area contributed by atoms with Crippen LogP contribution in [0, 0.1) is 10.1 Å². The molecule has 3 aromatic carbocycles. The van der Waals surface area contributed by atoms with Gasteiger partial charge in [0.05, 0.1) is 19.1 Å². The Labute approximate surface area is 161 Å². The Hall–Kier alpha value is -3.87. The van der Waals surface area contributed by atoms with Crippen molar-refractivity contribution < 1.29 is 23.9 Å². The third-order valence-corrected chi connectivity index (χ3v) is 4.01. The van der Waals surface area contributed by atoms with Crippen molar-refractivity contribution in [2.24, 2.45) is 0 Å². The minimum atomic E-state index is -0.589. The summed E-state index contributed by atoms with van der Waals surface area (Å²) in [5.41, 5.74) is 0.333. The lowest BCUT2D eigenvalue weighted by Crippen LogP contribution is -2.03. The van der Waals surface area contributed by atoms with Gasteiger partial charge < -0.3 is 14.2 Å². The van der Waals surface area contributed by atoms with Crippen LogP contribution in [0.2, 0.25) is 0 Å². The van der Waals surface area contributed by atoms with Crippen LogP contribution in [0.3, 0.4) is 0 Å². The van der Waals surface area contributed by atoms with Crippen molar-refractivity contribution in [2.75, 3.05) is 14.2 Å². The van der Waals surface area contributed by atoms with Gasteiger partial charge in [0.25, 0.3) is 0 Å². The van der Waals surface area contributed by atoms with Crippen LogP contribution < -0.4 is 14.2 Å². The molecule has 0 saturated heterocycles. The molecular formula is C21H17NO6. The van der Waals surface area contributed by atoms with Crippen LogP contribution in [0.1, 0.15) is 15.9 Å². The minimum absolute atomic E-state index is 0.00455. The summed E-state index contributed by atoms with van der Waals surface area (Å²) in [7, 11) is 2.98. The van der Waals surface area contributed by atoms with Crippen LogP contribution in [-0.4, -0.2) is 24.9 Å². The largest absolute Gasteiger partial charge is 0.496 e. The van der Waals surface area contributed by atoms with E-state index in [0.717, 1.165) is 0 Å². The molecule has 0 unspecified atom stereocenters. The van der Waals surface area contributed by atoms with E-state index in [2.05, 4.69) is 0 Å². The third kappa shape index (κ3) is 4.09. The smallest absolute Gasteiger partial charge is 0.312 e. The maximum atomic E-state index is 12.6. The number of hydrogen-bond donors (Lipinski definition) is 0. The highest BCUT2D eigenvalue weighted by Crippen LogP contribution is 2.36. The first-order valence-corrected chi connectivity index (χ1v) is 8.31. The lowest BCUT2D eigenvalue weighted by atomic mass is 10.0. The van der Waals surface area contributed by atoms with E-state index in [0.29, 0.717) is 22.8 Å². The molecule has 0 amide bonds. The third-order valence-electron chi connectivity index (χ3n) is 4.01. The number of rotatable bonds is 7. The number of hydrogen-bond acceptors (Lipinski definition) is 6. The first-order chi connectivity index (χ1) is 13.5. The molecule has 0 saturated carbocycles. The van der Waals surface area contributed by atoms with Crippen LogP contribution in [0.5, 0.6) is 23.0 Å². The molecular weight excluding hydrogens is 362 g/mol. The van der Waals surface area contributed by atoms with E-state index < -0.39 is 4.92 Å². The van der Waals surface area contributed by atoms with Gasteiger partial charge in [-0.15, -0.1) is 0 Å². The van der Waals surface area contributed by atoms with Gasteiger partial charge in [0.1, 0.15) is 17.2 Å². The summed E-state index contributed by atoms with van der Waals surface area (Å²) in [4.78, 5) is 23.5. The Bertz CT molecular complexity index is 994. The fourth-order valence-corrected chi connectivity index (χ4v) is 2.61. The normalized spacial score (nSPS) is 10.2. The average Bonchev–Trinajstić information content (AvgIpc) is 2.73. The molecule has 142 valence electrons. The molecule has 0 fully saturated rings. The van der Waals surface area contributed by atoms with Gasteiger partial charge in [-0.2, -0.15) is 0 Å². The summed E-state index contributed by atoms with van der Waals surface area (Å²) in [6.07, 6.45) is 0. The number of nitro groups is 1. The zero-order valence-electron chi connectivity index (χ0n) is 15.2. The topological polar surface area (TPSA) is 87.9 Å². The number of nitro benzene ring substituents is 1. The van der Waals surface area contributed by atoms with E-state index in [4.69, 9.17) is 14.2 Å². The van der Waals surface area contributed by atoms with Gasteiger partial charge in [0.2, 0.25) is 5.75 Å². The number of nitrogens with zero attached hydrogens (tertiary/aromatic N) is 1. The summed E-state index contributed by atoms with van der Waals surface area (Å²) < 4.78 is 16.0. The Morgan fingerprint density at radius 1 is 0.821 bits per heavy atom. The molecule has 3 rings (SSSR count). The number of carbonyl (C=O) groups excluding carboxylic acids is 1. The Balaban J connectivity index is 1.96. The van der Waals surface area contributed by atoms with Gasteiger partial charge in [0, 0.05) is 35.4 Å². The van der Waals surface area contributed by atoms with E-state index in [9.17, 15) is 14.9 Å². The van der Waals surface area contributed by atoms with Crippen LogP contribution >= 0.6 is 0 Å². The van der Waals surface area contributed by atoms with Crippen LogP contribution in [0.25, 0.3) is 0 Å². The fraction of sp³-hybridized carbons (Fsp3) is 0.0952. The standard InChI is InChI=1S/C21H17NO6/c1-26-16-11-17(27-2)13-18(12-16)28-20-9-8-15(10-19(20)22(24)25)21(23)14-6-4-3-5-7-14/h3-13H,1-2H3. The van der Waals surface area contributed by atoms with Gasteiger partial charge >= 0.3 is 5.69 Å². The van der Waals surface area contributed by atoms with Gasteiger partial charge in [-0.3, -0.25) is 14.9 Å². The molecule has 3 aromatic rings. The Morgan fingerprint density at radius 3 is 2.00 bits per heavy atom. The molecule has 0 N–H and O–H groups in total. The van der Waals surface area contributed by atoms with Crippen molar-refractivity contribution >= 4 is 11.5 Å². The molecule has 0 aliphatic heterocycles. The molecule has 0 atom stereocenters. The number of ketones is 1. The molecule has 0 radical (unpaired) electrons. The molecule has 0 spiro atoms. The predicted octanol–water partition coefficient (Wildman–Crippen LogP) is 4.64. The lowest BCUT2D eigenvalue weighted by molar-refractivity contribution is -0.385. The lowest BCUT2D eigenvalue weighted by Gasteiger charge is -2.11.